The summed E-state index contributed by atoms with van der Waals surface area (Å²) in [5, 5.41) is 22.1. The van der Waals surface area contributed by atoms with Crippen molar-refractivity contribution in [2.24, 2.45) is 5.73 Å². The number of hydrogen-bond acceptors (Lipinski definition) is 9. The number of aryl methyl sites for hydroxylation is 1. The van der Waals surface area contributed by atoms with Gasteiger partial charge in [0.25, 0.3) is 11.8 Å². The highest BCUT2D eigenvalue weighted by Crippen LogP contribution is 2.33. The van der Waals surface area contributed by atoms with Gasteiger partial charge in [-0.15, -0.1) is 11.3 Å². The van der Waals surface area contributed by atoms with Gasteiger partial charge in [-0.2, -0.15) is 10.2 Å². The van der Waals surface area contributed by atoms with Crippen molar-refractivity contribution in [1.29, 1.82) is 0 Å². The highest BCUT2D eigenvalue weighted by atomic mass is 32.1. The lowest BCUT2D eigenvalue weighted by molar-refractivity contribution is -0.386. The molecule has 0 saturated heterocycles. The number of thiophene rings is 1. The molecule has 168 valence electrons. The summed E-state index contributed by atoms with van der Waals surface area (Å²) in [6.45, 7) is 4.68. The number of carbonyl (C=O) groups is 3. The van der Waals surface area contributed by atoms with E-state index in [1.165, 1.54) is 42.6 Å². The number of nitrogens with one attached hydrogen (secondary N) is 1. The fourth-order valence-corrected chi connectivity index (χ4v) is 4.18. The molecule has 3 aromatic heterocycles. The number of anilines is 1. The second-order valence-corrected chi connectivity index (χ2v) is 7.75. The number of rotatable bonds is 7. The van der Waals surface area contributed by atoms with Gasteiger partial charge in [-0.3, -0.25) is 24.4 Å². The van der Waals surface area contributed by atoms with E-state index in [-0.39, 0.29) is 39.2 Å². The Morgan fingerprint density at radius 2 is 1.97 bits per heavy atom. The van der Waals surface area contributed by atoms with Crippen molar-refractivity contribution in [3.63, 3.8) is 0 Å². The first-order valence-electron chi connectivity index (χ1n) is 9.09. The Morgan fingerprint density at radius 3 is 2.53 bits per heavy atom. The van der Waals surface area contributed by atoms with Gasteiger partial charge in [0.05, 0.1) is 22.5 Å². The van der Waals surface area contributed by atoms with Gasteiger partial charge in [0, 0.05) is 6.20 Å². The van der Waals surface area contributed by atoms with Crippen molar-refractivity contribution in [1.82, 2.24) is 19.6 Å². The zero-order valence-electron chi connectivity index (χ0n) is 17.5. The van der Waals surface area contributed by atoms with Crippen molar-refractivity contribution in [3.8, 4) is 0 Å². The number of amides is 2. The molecule has 0 bridgehead atoms. The van der Waals surface area contributed by atoms with Crippen LogP contribution in [0.1, 0.15) is 47.5 Å². The summed E-state index contributed by atoms with van der Waals surface area (Å²) in [7, 11) is 1.18. The van der Waals surface area contributed by atoms with E-state index in [0.29, 0.717) is 11.3 Å². The van der Waals surface area contributed by atoms with Crippen LogP contribution in [0, 0.1) is 30.9 Å². The maximum absolute atomic E-state index is 12.7. The molecule has 14 heteroatoms. The Labute approximate surface area is 184 Å². The van der Waals surface area contributed by atoms with Crippen molar-refractivity contribution in [3.05, 3.63) is 55.5 Å². The van der Waals surface area contributed by atoms with Crippen LogP contribution in [0.2, 0.25) is 0 Å². The molecule has 3 N–H and O–H groups in total. The van der Waals surface area contributed by atoms with Gasteiger partial charge in [-0.25, -0.2) is 9.48 Å². The van der Waals surface area contributed by atoms with Crippen LogP contribution in [0.3, 0.4) is 0 Å². The first-order valence-corrected chi connectivity index (χ1v) is 9.91. The van der Waals surface area contributed by atoms with Gasteiger partial charge in [0.1, 0.15) is 23.1 Å². The van der Waals surface area contributed by atoms with Gasteiger partial charge >= 0.3 is 11.7 Å². The molecule has 3 heterocycles. The number of nitrogens with two attached hydrogens (primary N) is 1. The SMILES string of the molecule is COC(=O)c1c(NC(=O)c2ccn(Cn3nc(C)c([N+](=O)[O-])c3C)n2)sc(C(N)=O)c1C. The molecule has 0 aliphatic carbocycles. The van der Waals surface area contributed by atoms with Crippen LogP contribution in [-0.4, -0.2) is 49.4 Å². The molecule has 0 saturated carbocycles. The van der Waals surface area contributed by atoms with Gasteiger partial charge in [0.2, 0.25) is 0 Å². The summed E-state index contributed by atoms with van der Waals surface area (Å²) in [6, 6.07) is 1.43. The van der Waals surface area contributed by atoms with Gasteiger partial charge < -0.3 is 15.8 Å². The largest absolute Gasteiger partial charge is 0.465 e. The van der Waals surface area contributed by atoms with Crippen molar-refractivity contribution in [2.75, 3.05) is 12.4 Å². The number of hydrogen-bond donors (Lipinski definition) is 2. The molecule has 0 radical (unpaired) electrons. The monoisotopic (exact) mass is 461 g/mol. The molecule has 3 aromatic rings. The summed E-state index contributed by atoms with van der Waals surface area (Å²) in [5.41, 5.74) is 6.24. The molecular weight excluding hydrogens is 442 g/mol. The van der Waals surface area contributed by atoms with E-state index < -0.39 is 22.7 Å². The van der Waals surface area contributed by atoms with Crippen LogP contribution in [0.5, 0.6) is 0 Å². The number of primary amides is 1. The third-order valence-electron chi connectivity index (χ3n) is 4.67. The van der Waals surface area contributed by atoms with E-state index >= 15 is 0 Å². The predicted molar refractivity (Wildman–Crippen MR) is 113 cm³/mol. The Bertz CT molecular complexity index is 1260. The van der Waals surface area contributed by atoms with Crippen LogP contribution in [-0.2, 0) is 11.4 Å². The van der Waals surface area contributed by atoms with Crippen molar-refractivity contribution in [2.45, 2.75) is 27.4 Å². The van der Waals surface area contributed by atoms with Crippen molar-refractivity contribution >= 4 is 39.8 Å². The number of esters is 1. The molecule has 13 nitrogen and oxygen atoms in total. The Kier molecular flexibility index (Phi) is 6.06. The zero-order valence-corrected chi connectivity index (χ0v) is 18.3. The Hall–Kier alpha value is -4.07. The van der Waals surface area contributed by atoms with E-state index in [0.717, 1.165) is 11.3 Å². The fourth-order valence-electron chi connectivity index (χ4n) is 3.14. The zero-order chi connectivity index (χ0) is 23.7. The number of aromatic nitrogens is 4. The summed E-state index contributed by atoms with van der Waals surface area (Å²) in [6.07, 6.45) is 1.51. The lowest BCUT2D eigenvalue weighted by Crippen LogP contribution is -2.17. The smallest absolute Gasteiger partial charge is 0.341 e. The predicted octanol–water partition coefficient (Wildman–Crippen LogP) is 1.62. The lowest BCUT2D eigenvalue weighted by Gasteiger charge is -2.05. The van der Waals surface area contributed by atoms with E-state index in [4.69, 9.17) is 10.5 Å². The molecule has 3 rings (SSSR count). The van der Waals surface area contributed by atoms with Crippen LogP contribution in [0.15, 0.2) is 12.3 Å². The third kappa shape index (κ3) is 4.07. The van der Waals surface area contributed by atoms with E-state index in [9.17, 15) is 24.5 Å². The molecular formula is C18H19N7O6S. The average molecular weight is 461 g/mol. The summed E-state index contributed by atoms with van der Waals surface area (Å²) >= 11 is 0.859. The molecule has 0 atom stereocenters. The standard InChI is InChI=1S/C18H19N7O6S/c1-8-12(18(28)31-4)17(32-14(8)15(19)26)20-16(27)11-5-6-23(22-11)7-24-10(3)13(25(29)30)9(2)21-24/h5-6H,7H2,1-4H3,(H2,19,26)(H,20,27). The van der Waals surface area contributed by atoms with Crippen LogP contribution >= 0.6 is 11.3 Å². The first-order chi connectivity index (χ1) is 15.0. The number of methoxy groups -OCH3 is 1. The maximum Gasteiger partial charge on any atom is 0.341 e. The summed E-state index contributed by atoms with van der Waals surface area (Å²) < 4.78 is 7.52. The topological polar surface area (TPSA) is 177 Å². The molecule has 0 spiro atoms. The number of nitro groups is 1. The van der Waals surface area contributed by atoms with Gasteiger partial charge in [-0.05, 0) is 32.4 Å². The summed E-state index contributed by atoms with van der Waals surface area (Å²) in [5.74, 6) is -2.09. The van der Waals surface area contributed by atoms with Crippen LogP contribution in [0.25, 0.3) is 0 Å². The average Bonchev–Trinajstić information content (AvgIpc) is 3.38. The van der Waals surface area contributed by atoms with Gasteiger partial charge in [0.15, 0.2) is 5.69 Å². The Balaban J connectivity index is 1.84. The minimum Gasteiger partial charge on any atom is -0.465 e. The molecule has 0 aliphatic rings. The quantitative estimate of drug-likeness (QED) is 0.303. The lowest BCUT2D eigenvalue weighted by atomic mass is 10.1. The number of carbonyl (C=O) groups excluding carboxylic acids is 3. The third-order valence-corrected chi connectivity index (χ3v) is 5.89. The van der Waals surface area contributed by atoms with Crippen LogP contribution in [0.4, 0.5) is 10.7 Å². The van der Waals surface area contributed by atoms with Crippen molar-refractivity contribution < 1.29 is 24.0 Å². The van der Waals surface area contributed by atoms with Crippen LogP contribution < -0.4 is 11.1 Å². The van der Waals surface area contributed by atoms with E-state index in [1.54, 1.807) is 6.92 Å². The Morgan fingerprint density at radius 1 is 1.28 bits per heavy atom. The minimum absolute atomic E-state index is 0.0172. The molecule has 0 unspecified atom stereocenters. The molecule has 0 aliphatic heterocycles. The minimum atomic E-state index is -0.735. The second-order valence-electron chi connectivity index (χ2n) is 6.73. The summed E-state index contributed by atoms with van der Waals surface area (Å²) in [4.78, 5) is 47.2. The van der Waals surface area contributed by atoms with E-state index in [2.05, 4.69) is 15.5 Å². The highest BCUT2D eigenvalue weighted by molar-refractivity contribution is 7.18. The maximum atomic E-state index is 12.7. The molecule has 0 aromatic carbocycles. The molecule has 2 amide bonds. The normalized spacial score (nSPS) is 10.8. The highest BCUT2D eigenvalue weighted by Gasteiger charge is 2.26. The molecule has 32 heavy (non-hydrogen) atoms. The number of nitrogens with zero attached hydrogens (tertiary/aromatic N) is 5. The molecule has 0 fully saturated rings. The second kappa shape index (κ2) is 8.58. The number of ether oxygens (including phenoxy) is 1. The fraction of sp³-hybridized carbons (Fsp3) is 0.278. The first kappa shape index (κ1) is 22.6. The van der Waals surface area contributed by atoms with E-state index in [1.807, 2.05) is 0 Å². The van der Waals surface area contributed by atoms with Gasteiger partial charge in [-0.1, -0.05) is 0 Å².